The summed E-state index contributed by atoms with van der Waals surface area (Å²) in [5.74, 6) is 0. The molecule has 0 unspecified atom stereocenters. The first kappa shape index (κ1) is 21.8. The van der Waals surface area contributed by atoms with E-state index in [0.717, 1.165) is 18.7 Å². The number of rotatable bonds is 9. The number of hydrogen-bond acceptors (Lipinski definition) is 7. The van der Waals surface area contributed by atoms with Crippen LogP contribution in [0, 0.1) is 0 Å². The van der Waals surface area contributed by atoms with Gasteiger partial charge in [-0.25, -0.2) is 13.1 Å². The third kappa shape index (κ3) is 6.06. The Labute approximate surface area is 171 Å². The first-order valence-electron chi connectivity index (χ1n) is 9.75. The van der Waals surface area contributed by atoms with Crippen LogP contribution in [-0.4, -0.2) is 72.4 Å². The molecule has 0 bridgehead atoms. The van der Waals surface area contributed by atoms with Crippen LogP contribution in [0.4, 0.5) is 0 Å². The van der Waals surface area contributed by atoms with Crippen LogP contribution >= 0.6 is 0 Å². The van der Waals surface area contributed by atoms with Gasteiger partial charge in [-0.3, -0.25) is 4.68 Å². The second kappa shape index (κ2) is 9.77. The number of hydrogen-bond donors (Lipinski definition) is 2. The number of aliphatic hydroxyl groups excluding tert-OH is 1. The number of nitrogens with one attached hydrogen (secondary N) is 1. The Hall–Kier alpha value is -1.85. The SMILES string of the molecule is CN(C)Cc1cn(CC[C@@H]2CC[C@H](NS(=O)(=O)c3ccccc3)[C@@H](CO)O2)nn1. The summed E-state index contributed by atoms with van der Waals surface area (Å²) in [6, 6.07) is 7.76. The highest BCUT2D eigenvalue weighted by Crippen LogP contribution is 2.24. The Morgan fingerprint density at radius 3 is 2.72 bits per heavy atom. The summed E-state index contributed by atoms with van der Waals surface area (Å²) in [4.78, 5) is 2.24. The molecule has 2 heterocycles. The van der Waals surface area contributed by atoms with E-state index in [0.29, 0.717) is 19.4 Å². The Morgan fingerprint density at radius 1 is 1.28 bits per heavy atom. The standard InChI is InChI=1S/C19H29N5O4S/c1-23(2)12-15-13-24(22-20-15)11-10-16-8-9-18(19(14-25)28-16)21-29(26,27)17-6-4-3-5-7-17/h3-7,13,16,18-19,21,25H,8-12,14H2,1-2H3/t16-,18-,19+/m0/s1. The normalized spacial score (nSPS) is 22.8. The molecule has 1 aromatic heterocycles. The molecule has 9 nitrogen and oxygen atoms in total. The number of ether oxygens (including phenoxy) is 1. The molecule has 1 aromatic carbocycles. The van der Waals surface area contributed by atoms with Crippen molar-refractivity contribution in [2.45, 2.75) is 55.5 Å². The Morgan fingerprint density at radius 2 is 2.03 bits per heavy atom. The van der Waals surface area contributed by atoms with Crippen molar-refractivity contribution in [1.29, 1.82) is 0 Å². The average Bonchev–Trinajstić information content (AvgIpc) is 3.14. The molecule has 1 saturated heterocycles. The highest BCUT2D eigenvalue weighted by Gasteiger charge is 2.33. The maximum atomic E-state index is 12.6. The van der Waals surface area contributed by atoms with Crippen LogP contribution in [0.15, 0.2) is 41.4 Å². The summed E-state index contributed by atoms with van der Waals surface area (Å²) in [5, 5.41) is 18.0. The molecule has 0 aliphatic carbocycles. The van der Waals surface area contributed by atoms with E-state index in [2.05, 4.69) is 15.0 Å². The van der Waals surface area contributed by atoms with Crippen LogP contribution in [0.25, 0.3) is 0 Å². The quantitative estimate of drug-likeness (QED) is 0.608. The Kier molecular flexibility index (Phi) is 7.36. The first-order valence-corrected chi connectivity index (χ1v) is 11.2. The van der Waals surface area contributed by atoms with Crippen LogP contribution < -0.4 is 4.72 Å². The lowest BCUT2D eigenvalue weighted by atomic mass is 9.98. The van der Waals surface area contributed by atoms with E-state index >= 15 is 0 Å². The van der Waals surface area contributed by atoms with Gasteiger partial charge in [-0.15, -0.1) is 5.10 Å². The second-order valence-corrected chi connectivity index (χ2v) is 9.31. The number of aromatic nitrogens is 3. The highest BCUT2D eigenvalue weighted by molar-refractivity contribution is 7.89. The van der Waals surface area contributed by atoms with E-state index in [1.807, 2.05) is 25.2 Å². The number of benzene rings is 1. The van der Waals surface area contributed by atoms with Gasteiger partial charge < -0.3 is 14.7 Å². The third-order valence-corrected chi connectivity index (χ3v) is 6.41. The van der Waals surface area contributed by atoms with E-state index in [4.69, 9.17) is 4.74 Å². The Bertz CT molecular complexity index is 872. The van der Waals surface area contributed by atoms with Crippen LogP contribution in [0.5, 0.6) is 0 Å². The molecule has 3 atom stereocenters. The predicted octanol–water partition coefficient (Wildman–Crippen LogP) is 0.617. The molecule has 160 valence electrons. The molecule has 1 aliphatic heterocycles. The van der Waals surface area contributed by atoms with Crippen LogP contribution in [0.2, 0.25) is 0 Å². The first-order chi connectivity index (χ1) is 13.9. The van der Waals surface area contributed by atoms with Crippen molar-refractivity contribution in [1.82, 2.24) is 24.6 Å². The summed E-state index contributed by atoms with van der Waals surface area (Å²) in [6.45, 7) is 1.15. The maximum absolute atomic E-state index is 12.6. The number of nitrogens with zero attached hydrogens (tertiary/aromatic N) is 4. The van der Waals surface area contributed by atoms with Crippen molar-refractivity contribution < 1.29 is 18.3 Å². The molecule has 2 N–H and O–H groups in total. The van der Waals surface area contributed by atoms with E-state index < -0.39 is 22.2 Å². The average molecular weight is 424 g/mol. The lowest BCUT2D eigenvalue weighted by molar-refractivity contribution is -0.0891. The van der Waals surface area contributed by atoms with Crippen LogP contribution in [0.3, 0.4) is 0 Å². The van der Waals surface area contributed by atoms with Gasteiger partial charge in [-0.1, -0.05) is 23.4 Å². The van der Waals surface area contributed by atoms with Crippen molar-refractivity contribution in [3.8, 4) is 0 Å². The molecule has 0 spiro atoms. The zero-order valence-corrected chi connectivity index (χ0v) is 17.6. The fourth-order valence-corrected chi connectivity index (χ4v) is 4.79. The van der Waals surface area contributed by atoms with Crippen molar-refractivity contribution in [2.24, 2.45) is 0 Å². The topological polar surface area (TPSA) is 110 Å². The summed E-state index contributed by atoms with van der Waals surface area (Å²) < 4.78 is 35.6. The largest absolute Gasteiger partial charge is 0.394 e. The molecule has 1 aliphatic rings. The van der Waals surface area contributed by atoms with Gasteiger partial charge in [0.25, 0.3) is 0 Å². The maximum Gasteiger partial charge on any atom is 0.240 e. The zero-order chi connectivity index (χ0) is 20.9. The molecule has 29 heavy (non-hydrogen) atoms. The minimum atomic E-state index is -3.65. The summed E-state index contributed by atoms with van der Waals surface area (Å²) >= 11 is 0. The molecule has 1 fully saturated rings. The predicted molar refractivity (Wildman–Crippen MR) is 108 cm³/mol. The highest BCUT2D eigenvalue weighted by atomic mass is 32.2. The molecule has 10 heteroatoms. The fraction of sp³-hybridized carbons (Fsp3) is 0.579. The van der Waals surface area contributed by atoms with Gasteiger partial charge in [0.2, 0.25) is 10.0 Å². The second-order valence-electron chi connectivity index (χ2n) is 7.60. The van der Waals surface area contributed by atoms with Crippen molar-refractivity contribution in [2.75, 3.05) is 20.7 Å². The van der Waals surface area contributed by atoms with Gasteiger partial charge in [-0.05, 0) is 45.5 Å². The van der Waals surface area contributed by atoms with Crippen LogP contribution in [-0.2, 0) is 27.8 Å². The van der Waals surface area contributed by atoms with Gasteiger partial charge in [0.15, 0.2) is 0 Å². The van der Waals surface area contributed by atoms with Gasteiger partial charge in [0, 0.05) is 19.3 Å². The molecular weight excluding hydrogens is 394 g/mol. The molecule has 0 amide bonds. The minimum Gasteiger partial charge on any atom is -0.394 e. The lowest BCUT2D eigenvalue weighted by Gasteiger charge is -2.36. The summed E-state index contributed by atoms with van der Waals surface area (Å²) in [6.07, 6.45) is 3.31. The van der Waals surface area contributed by atoms with Gasteiger partial charge in [-0.2, -0.15) is 0 Å². The molecule has 0 radical (unpaired) electrons. The zero-order valence-electron chi connectivity index (χ0n) is 16.8. The smallest absolute Gasteiger partial charge is 0.240 e. The van der Waals surface area contributed by atoms with E-state index in [-0.39, 0.29) is 17.6 Å². The number of aliphatic hydroxyl groups is 1. The molecule has 3 rings (SSSR count). The molecule has 0 saturated carbocycles. The van der Waals surface area contributed by atoms with Crippen LogP contribution in [0.1, 0.15) is 25.0 Å². The van der Waals surface area contributed by atoms with E-state index in [1.165, 1.54) is 0 Å². The fourth-order valence-electron chi connectivity index (χ4n) is 3.47. The molecular formula is C19H29N5O4S. The van der Waals surface area contributed by atoms with Crippen molar-refractivity contribution in [3.05, 3.63) is 42.2 Å². The van der Waals surface area contributed by atoms with E-state index in [1.54, 1.807) is 35.0 Å². The minimum absolute atomic E-state index is 0.0638. The van der Waals surface area contributed by atoms with Gasteiger partial charge in [0.05, 0.1) is 35.4 Å². The van der Waals surface area contributed by atoms with E-state index in [9.17, 15) is 13.5 Å². The summed E-state index contributed by atoms with van der Waals surface area (Å²) in [5.41, 5.74) is 0.906. The van der Waals surface area contributed by atoms with Crippen molar-refractivity contribution in [3.63, 3.8) is 0 Å². The van der Waals surface area contributed by atoms with Gasteiger partial charge >= 0.3 is 0 Å². The number of sulfonamides is 1. The monoisotopic (exact) mass is 423 g/mol. The molecule has 2 aromatic rings. The van der Waals surface area contributed by atoms with Crippen molar-refractivity contribution >= 4 is 10.0 Å². The van der Waals surface area contributed by atoms with Gasteiger partial charge in [0.1, 0.15) is 0 Å². The third-order valence-electron chi connectivity index (χ3n) is 4.90. The lowest BCUT2D eigenvalue weighted by Crippen LogP contribution is -2.50. The summed E-state index contributed by atoms with van der Waals surface area (Å²) in [7, 11) is 0.307. The number of aryl methyl sites for hydroxylation is 1. The Balaban J connectivity index is 1.53.